The van der Waals surface area contributed by atoms with Crippen molar-refractivity contribution >= 4 is 6.41 Å². The van der Waals surface area contributed by atoms with Crippen molar-refractivity contribution in [1.29, 1.82) is 0 Å². The van der Waals surface area contributed by atoms with Crippen LogP contribution in [0.1, 0.15) is 26.2 Å². The molecule has 1 unspecified atom stereocenters. The molecule has 0 aromatic rings. The van der Waals surface area contributed by atoms with E-state index in [-0.39, 0.29) is 6.10 Å². The summed E-state index contributed by atoms with van der Waals surface area (Å²) in [7, 11) is 0. The first-order valence-corrected chi connectivity index (χ1v) is 3.62. The quantitative estimate of drug-likeness (QED) is 0.416. The lowest BCUT2D eigenvalue weighted by molar-refractivity contribution is -0.109. The number of hydrogen-bond donors (Lipinski definition) is 2. The predicted octanol–water partition coefficient (Wildman–Crippen LogP) is 0.283. The Hall–Kier alpha value is -0.570. The highest BCUT2D eigenvalue weighted by Gasteiger charge is 1.93. The summed E-state index contributed by atoms with van der Waals surface area (Å²) in [4.78, 5) is 9.74. The molecule has 0 heterocycles. The van der Waals surface area contributed by atoms with E-state index in [1.165, 1.54) is 0 Å². The van der Waals surface area contributed by atoms with Gasteiger partial charge in [-0.1, -0.05) is 0 Å². The summed E-state index contributed by atoms with van der Waals surface area (Å²) < 4.78 is 0. The molecule has 0 aliphatic carbocycles. The number of rotatable bonds is 6. The van der Waals surface area contributed by atoms with E-state index in [1.807, 2.05) is 0 Å². The molecule has 0 aliphatic rings. The van der Waals surface area contributed by atoms with Crippen LogP contribution in [0.3, 0.4) is 0 Å². The van der Waals surface area contributed by atoms with Gasteiger partial charge in [-0.2, -0.15) is 0 Å². The molecule has 3 nitrogen and oxygen atoms in total. The number of aliphatic hydroxyl groups is 1. The first-order chi connectivity index (χ1) is 4.77. The van der Waals surface area contributed by atoms with Gasteiger partial charge in [0.1, 0.15) is 0 Å². The number of amides is 1. The second-order valence-electron chi connectivity index (χ2n) is 2.42. The predicted molar refractivity (Wildman–Crippen MR) is 39.6 cm³/mol. The summed E-state index contributed by atoms with van der Waals surface area (Å²) in [6, 6.07) is 0. The first kappa shape index (κ1) is 9.43. The maximum absolute atomic E-state index is 9.74. The van der Waals surface area contributed by atoms with Gasteiger partial charge in [0.05, 0.1) is 6.10 Å². The van der Waals surface area contributed by atoms with E-state index in [0.29, 0.717) is 6.41 Å². The van der Waals surface area contributed by atoms with Crippen LogP contribution in [0.25, 0.3) is 0 Å². The fraction of sp³-hybridized carbons (Fsp3) is 0.857. The largest absolute Gasteiger partial charge is 0.393 e. The molecule has 0 aliphatic heterocycles. The van der Waals surface area contributed by atoms with Crippen molar-refractivity contribution < 1.29 is 9.90 Å². The van der Waals surface area contributed by atoms with Crippen LogP contribution in [-0.4, -0.2) is 24.2 Å². The molecule has 2 N–H and O–H groups in total. The van der Waals surface area contributed by atoms with E-state index in [9.17, 15) is 4.79 Å². The van der Waals surface area contributed by atoms with Crippen LogP contribution in [0.5, 0.6) is 0 Å². The second kappa shape index (κ2) is 6.55. The van der Waals surface area contributed by atoms with Crippen molar-refractivity contribution in [3.8, 4) is 0 Å². The Morgan fingerprint density at radius 1 is 1.60 bits per heavy atom. The van der Waals surface area contributed by atoms with Gasteiger partial charge in [-0.15, -0.1) is 0 Å². The van der Waals surface area contributed by atoms with E-state index >= 15 is 0 Å². The SMILES string of the molecule is CC(O)CCCCNC=O. The van der Waals surface area contributed by atoms with E-state index in [0.717, 1.165) is 25.8 Å². The Labute approximate surface area is 61.4 Å². The van der Waals surface area contributed by atoms with Crippen LogP contribution >= 0.6 is 0 Å². The number of aliphatic hydroxyl groups excluding tert-OH is 1. The third kappa shape index (κ3) is 7.43. The zero-order valence-electron chi connectivity index (χ0n) is 6.34. The molecule has 0 fully saturated rings. The molecule has 0 bridgehead atoms. The molecule has 0 aromatic heterocycles. The van der Waals surface area contributed by atoms with E-state index in [1.54, 1.807) is 6.92 Å². The van der Waals surface area contributed by atoms with E-state index in [2.05, 4.69) is 5.32 Å². The maximum atomic E-state index is 9.74. The number of carbonyl (C=O) groups is 1. The Kier molecular flexibility index (Phi) is 6.18. The molecule has 0 aromatic carbocycles. The molecule has 60 valence electrons. The van der Waals surface area contributed by atoms with Gasteiger partial charge in [-0.3, -0.25) is 4.79 Å². The highest BCUT2D eigenvalue weighted by atomic mass is 16.3. The Balaban J connectivity index is 2.83. The standard InChI is InChI=1S/C7H15NO2/c1-7(10)4-2-3-5-8-6-9/h6-7,10H,2-5H2,1H3,(H,8,9). The van der Waals surface area contributed by atoms with Gasteiger partial charge < -0.3 is 10.4 Å². The molecule has 0 radical (unpaired) electrons. The summed E-state index contributed by atoms with van der Waals surface area (Å²) in [5.41, 5.74) is 0. The smallest absolute Gasteiger partial charge is 0.207 e. The highest BCUT2D eigenvalue weighted by Crippen LogP contribution is 1.97. The molecule has 10 heavy (non-hydrogen) atoms. The van der Waals surface area contributed by atoms with Gasteiger partial charge in [-0.05, 0) is 26.2 Å². The summed E-state index contributed by atoms with van der Waals surface area (Å²) in [5, 5.41) is 11.4. The van der Waals surface area contributed by atoms with Crippen LogP contribution in [0.4, 0.5) is 0 Å². The molecular weight excluding hydrogens is 130 g/mol. The third-order valence-electron chi connectivity index (χ3n) is 1.28. The molecule has 0 rings (SSSR count). The van der Waals surface area contributed by atoms with Crippen molar-refractivity contribution in [3.05, 3.63) is 0 Å². The Morgan fingerprint density at radius 2 is 2.30 bits per heavy atom. The van der Waals surface area contributed by atoms with Crippen molar-refractivity contribution in [2.75, 3.05) is 6.54 Å². The number of unbranched alkanes of at least 4 members (excludes halogenated alkanes) is 1. The second-order valence-corrected chi connectivity index (χ2v) is 2.42. The van der Waals surface area contributed by atoms with E-state index < -0.39 is 0 Å². The fourth-order valence-electron chi connectivity index (χ4n) is 0.726. The average Bonchev–Trinajstić information content (AvgIpc) is 1.87. The van der Waals surface area contributed by atoms with Crippen molar-refractivity contribution in [2.45, 2.75) is 32.3 Å². The topological polar surface area (TPSA) is 49.3 Å². The first-order valence-electron chi connectivity index (χ1n) is 3.62. The van der Waals surface area contributed by atoms with Gasteiger partial charge in [0.25, 0.3) is 0 Å². The number of nitrogens with one attached hydrogen (secondary N) is 1. The summed E-state index contributed by atoms with van der Waals surface area (Å²) in [6.07, 6.45) is 3.22. The molecule has 0 spiro atoms. The molecule has 1 amide bonds. The molecular formula is C7H15NO2. The molecule has 1 atom stereocenters. The van der Waals surface area contributed by atoms with Gasteiger partial charge in [0.15, 0.2) is 0 Å². The lowest BCUT2D eigenvalue weighted by Gasteiger charge is -2.02. The lowest BCUT2D eigenvalue weighted by atomic mass is 10.2. The van der Waals surface area contributed by atoms with Crippen molar-refractivity contribution in [1.82, 2.24) is 5.32 Å². The zero-order valence-corrected chi connectivity index (χ0v) is 6.34. The minimum Gasteiger partial charge on any atom is -0.393 e. The van der Waals surface area contributed by atoms with Crippen LogP contribution < -0.4 is 5.32 Å². The molecule has 0 saturated carbocycles. The summed E-state index contributed by atoms with van der Waals surface area (Å²) in [6.45, 7) is 2.49. The Morgan fingerprint density at radius 3 is 2.80 bits per heavy atom. The van der Waals surface area contributed by atoms with Gasteiger partial charge >= 0.3 is 0 Å². The van der Waals surface area contributed by atoms with Crippen LogP contribution in [0.15, 0.2) is 0 Å². The third-order valence-corrected chi connectivity index (χ3v) is 1.28. The minimum atomic E-state index is -0.212. The summed E-state index contributed by atoms with van der Waals surface area (Å²) >= 11 is 0. The number of carbonyl (C=O) groups excluding carboxylic acids is 1. The van der Waals surface area contributed by atoms with Crippen LogP contribution in [0, 0.1) is 0 Å². The van der Waals surface area contributed by atoms with Crippen molar-refractivity contribution in [3.63, 3.8) is 0 Å². The van der Waals surface area contributed by atoms with Gasteiger partial charge in [0, 0.05) is 6.54 Å². The minimum absolute atomic E-state index is 0.212. The summed E-state index contributed by atoms with van der Waals surface area (Å²) in [5.74, 6) is 0. The van der Waals surface area contributed by atoms with Crippen LogP contribution in [0.2, 0.25) is 0 Å². The number of hydrogen-bond acceptors (Lipinski definition) is 2. The van der Waals surface area contributed by atoms with Crippen LogP contribution in [-0.2, 0) is 4.79 Å². The normalized spacial score (nSPS) is 12.6. The molecule has 0 saturated heterocycles. The van der Waals surface area contributed by atoms with Gasteiger partial charge in [-0.25, -0.2) is 0 Å². The van der Waals surface area contributed by atoms with Crippen molar-refractivity contribution in [2.24, 2.45) is 0 Å². The highest BCUT2D eigenvalue weighted by molar-refractivity contribution is 5.45. The Bertz CT molecular complexity index is 83.7. The lowest BCUT2D eigenvalue weighted by Crippen LogP contribution is -2.12. The van der Waals surface area contributed by atoms with Gasteiger partial charge in [0.2, 0.25) is 6.41 Å². The van der Waals surface area contributed by atoms with E-state index in [4.69, 9.17) is 5.11 Å². The fourth-order valence-corrected chi connectivity index (χ4v) is 0.726. The molecule has 3 heteroatoms. The monoisotopic (exact) mass is 145 g/mol. The maximum Gasteiger partial charge on any atom is 0.207 e. The zero-order chi connectivity index (χ0) is 7.82. The average molecular weight is 145 g/mol.